The van der Waals surface area contributed by atoms with Crippen molar-refractivity contribution in [3.63, 3.8) is 0 Å². The first-order chi connectivity index (χ1) is 10.6. The number of benzene rings is 2. The maximum absolute atomic E-state index is 13.4. The normalized spacial score (nSPS) is 10.0. The van der Waals surface area contributed by atoms with E-state index in [1.54, 1.807) is 36.4 Å². The van der Waals surface area contributed by atoms with Gasteiger partial charge >= 0.3 is 0 Å². The van der Waals surface area contributed by atoms with Gasteiger partial charge in [0.25, 0.3) is 11.8 Å². The number of amides is 2. The SMILES string of the molecule is NC(=O)c1ccccc1OCC(=O)NCc1ccccc1F. The van der Waals surface area contributed by atoms with Gasteiger partial charge in [0.15, 0.2) is 6.61 Å². The Morgan fingerprint density at radius 1 is 1.09 bits per heavy atom. The second-order valence-corrected chi connectivity index (χ2v) is 4.52. The number of carbonyl (C=O) groups is 2. The van der Waals surface area contributed by atoms with Crippen LogP contribution in [0.1, 0.15) is 15.9 Å². The van der Waals surface area contributed by atoms with E-state index in [0.717, 1.165) is 0 Å². The third kappa shape index (κ3) is 4.05. The van der Waals surface area contributed by atoms with E-state index in [2.05, 4.69) is 5.32 Å². The number of ether oxygens (including phenoxy) is 1. The summed E-state index contributed by atoms with van der Waals surface area (Å²) >= 11 is 0. The fraction of sp³-hybridized carbons (Fsp3) is 0.125. The van der Waals surface area contributed by atoms with E-state index in [1.807, 2.05) is 0 Å². The number of nitrogens with two attached hydrogens (primary N) is 1. The fourth-order valence-electron chi connectivity index (χ4n) is 1.83. The van der Waals surface area contributed by atoms with Crippen LogP contribution in [0, 0.1) is 5.82 Å². The van der Waals surface area contributed by atoms with Crippen LogP contribution in [0.4, 0.5) is 4.39 Å². The summed E-state index contributed by atoms with van der Waals surface area (Å²) in [6.07, 6.45) is 0. The lowest BCUT2D eigenvalue weighted by Gasteiger charge is -2.10. The molecular weight excluding hydrogens is 287 g/mol. The average molecular weight is 302 g/mol. The standard InChI is InChI=1S/C16H15FN2O3/c17-13-7-3-1-5-11(13)9-19-15(20)10-22-14-8-4-2-6-12(14)16(18)21/h1-8H,9-10H2,(H2,18,21)(H,19,20). The second kappa shape index (κ2) is 7.21. The highest BCUT2D eigenvalue weighted by molar-refractivity contribution is 5.95. The lowest BCUT2D eigenvalue weighted by atomic mass is 10.2. The third-order valence-corrected chi connectivity index (χ3v) is 2.95. The van der Waals surface area contributed by atoms with Crippen LogP contribution in [0.25, 0.3) is 0 Å². The Morgan fingerprint density at radius 3 is 2.50 bits per heavy atom. The summed E-state index contributed by atoms with van der Waals surface area (Å²) in [5, 5.41) is 2.54. The lowest BCUT2D eigenvalue weighted by molar-refractivity contribution is -0.123. The molecule has 5 nitrogen and oxygen atoms in total. The maximum Gasteiger partial charge on any atom is 0.258 e. The number of para-hydroxylation sites is 1. The number of rotatable bonds is 6. The molecule has 0 atom stereocenters. The van der Waals surface area contributed by atoms with Gasteiger partial charge in [-0.05, 0) is 18.2 Å². The first-order valence-corrected chi connectivity index (χ1v) is 6.59. The number of hydrogen-bond acceptors (Lipinski definition) is 3. The molecule has 0 aliphatic heterocycles. The van der Waals surface area contributed by atoms with Gasteiger partial charge in [-0.2, -0.15) is 0 Å². The van der Waals surface area contributed by atoms with E-state index in [-0.39, 0.29) is 30.3 Å². The highest BCUT2D eigenvalue weighted by Gasteiger charge is 2.10. The number of hydrogen-bond donors (Lipinski definition) is 2. The van der Waals surface area contributed by atoms with Crippen molar-refractivity contribution >= 4 is 11.8 Å². The molecular formula is C16H15FN2O3. The van der Waals surface area contributed by atoms with Gasteiger partial charge in [0.05, 0.1) is 5.56 Å². The molecule has 0 aromatic heterocycles. The van der Waals surface area contributed by atoms with Crippen LogP contribution in [-0.2, 0) is 11.3 Å². The summed E-state index contributed by atoms with van der Waals surface area (Å²) in [6.45, 7) is -0.231. The van der Waals surface area contributed by atoms with E-state index >= 15 is 0 Å². The summed E-state index contributed by atoms with van der Waals surface area (Å²) < 4.78 is 18.7. The van der Waals surface area contributed by atoms with Gasteiger partial charge in [-0.15, -0.1) is 0 Å². The summed E-state index contributed by atoms with van der Waals surface area (Å²) in [7, 11) is 0. The van der Waals surface area contributed by atoms with E-state index < -0.39 is 11.8 Å². The van der Waals surface area contributed by atoms with Gasteiger partial charge in [0, 0.05) is 12.1 Å². The van der Waals surface area contributed by atoms with Crippen molar-refractivity contribution < 1.29 is 18.7 Å². The highest BCUT2D eigenvalue weighted by Crippen LogP contribution is 2.16. The molecule has 0 saturated heterocycles. The maximum atomic E-state index is 13.4. The first-order valence-electron chi connectivity index (χ1n) is 6.59. The van der Waals surface area contributed by atoms with Crippen LogP contribution in [0.3, 0.4) is 0 Å². The summed E-state index contributed by atoms with van der Waals surface area (Å²) in [5.74, 6) is -1.22. The molecule has 0 bridgehead atoms. The van der Waals surface area contributed by atoms with E-state index in [0.29, 0.717) is 5.56 Å². The minimum atomic E-state index is -0.637. The van der Waals surface area contributed by atoms with Crippen molar-refractivity contribution in [1.29, 1.82) is 0 Å². The minimum absolute atomic E-state index is 0.0618. The van der Waals surface area contributed by atoms with Crippen LogP contribution in [-0.4, -0.2) is 18.4 Å². The molecule has 0 heterocycles. The molecule has 22 heavy (non-hydrogen) atoms. The molecule has 0 unspecified atom stereocenters. The van der Waals surface area contributed by atoms with Gasteiger partial charge in [-0.25, -0.2) is 4.39 Å². The van der Waals surface area contributed by atoms with Gasteiger partial charge in [0.1, 0.15) is 11.6 Å². The van der Waals surface area contributed by atoms with Crippen molar-refractivity contribution in [2.75, 3.05) is 6.61 Å². The van der Waals surface area contributed by atoms with E-state index in [1.165, 1.54) is 12.1 Å². The zero-order valence-electron chi connectivity index (χ0n) is 11.7. The molecule has 2 aromatic carbocycles. The zero-order valence-corrected chi connectivity index (χ0v) is 11.7. The Morgan fingerprint density at radius 2 is 1.77 bits per heavy atom. The zero-order chi connectivity index (χ0) is 15.9. The molecule has 3 N–H and O–H groups in total. The lowest BCUT2D eigenvalue weighted by Crippen LogP contribution is -2.29. The Balaban J connectivity index is 1.89. The summed E-state index contributed by atoms with van der Waals surface area (Å²) in [6, 6.07) is 12.5. The smallest absolute Gasteiger partial charge is 0.258 e. The Kier molecular flexibility index (Phi) is 5.08. The summed E-state index contributed by atoms with van der Waals surface area (Å²) in [4.78, 5) is 22.9. The van der Waals surface area contributed by atoms with Crippen molar-refractivity contribution in [2.24, 2.45) is 5.73 Å². The molecule has 0 radical (unpaired) electrons. The molecule has 2 amide bonds. The van der Waals surface area contributed by atoms with E-state index in [9.17, 15) is 14.0 Å². The van der Waals surface area contributed by atoms with Crippen LogP contribution in [0.15, 0.2) is 48.5 Å². The predicted molar refractivity (Wildman–Crippen MR) is 78.7 cm³/mol. The molecule has 114 valence electrons. The molecule has 0 saturated carbocycles. The van der Waals surface area contributed by atoms with Crippen molar-refractivity contribution in [3.8, 4) is 5.75 Å². The van der Waals surface area contributed by atoms with Crippen molar-refractivity contribution in [2.45, 2.75) is 6.54 Å². The number of primary amides is 1. The van der Waals surface area contributed by atoms with Crippen LogP contribution >= 0.6 is 0 Å². The topological polar surface area (TPSA) is 81.4 Å². The van der Waals surface area contributed by atoms with Crippen LogP contribution in [0.5, 0.6) is 5.75 Å². The van der Waals surface area contributed by atoms with Crippen molar-refractivity contribution in [3.05, 3.63) is 65.5 Å². The quantitative estimate of drug-likeness (QED) is 0.850. The average Bonchev–Trinajstić information content (AvgIpc) is 2.52. The number of halogens is 1. The van der Waals surface area contributed by atoms with Gasteiger partial charge in [0.2, 0.25) is 0 Å². The van der Waals surface area contributed by atoms with Gasteiger partial charge in [-0.1, -0.05) is 30.3 Å². The number of carbonyl (C=O) groups excluding carboxylic acids is 2. The van der Waals surface area contributed by atoms with Crippen LogP contribution < -0.4 is 15.8 Å². The molecule has 2 aromatic rings. The third-order valence-electron chi connectivity index (χ3n) is 2.95. The monoisotopic (exact) mass is 302 g/mol. The van der Waals surface area contributed by atoms with Gasteiger partial charge < -0.3 is 15.8 Å². The Hall–Kier alpha value is -2.89. The molecule has 0 fully saturated rings. The minimum Gasteiger partial charge on any atom is -0.483 e. The molecule has 0 aliphatic carbocycles. The molecule has 6 heteroatoms. The highest BCUT2D eigenvalue weighted by atomic mass is 19.1. The Labute approximate surface area is 126 Å². The van der Waals surface area contributed by atoms with Crippen molar-refractivity contribution in [1.82, 2.24) is 5.32 Å². The van der Waals surface area contributed by atoms with E-state index in [4.69, 9.17) is 10.5 Å². The Bertz CT molecular complexity index is 689. The predicted octanol–water partition coefficient (Wildman–Crippen LogP) is 1.62. The summed E-state index contributed by atoms with van der Waals surface area (Å²) in [5.41, 5.74) is 5.79. The van der Waals surface area contributed by atoms with Crippen LogP contribution in [0.2, 0.25) is 0 Å². The fourth-order valence-corrected chi connectivity index (χ4v) is 1.83. The largest absolute Gasteiger partial charge is 0.483 e. The molecule has 0 spiro atoms. The molecule has 2 rings (SSSR count). The first kappa shape index (κ1) is 15.5. The molecule has 0 aliphatic rings. The number of nitrogens with one attached hydrogen (secondary N) is 1. The van der Waals surface area contributed by atoms with Gasteiger partial charge in [-0.3, -0.25) is 9.59 Å². The second-order valence-electron chi connectivity index (χ2n) is 4.52.